The van der Waals surface area contributed by atoms with Gasteiger partial charge in [0.05, 0.1) is 26.4 Å². The fourth-order valence-corrected chi connectivity index (χ4v) is 7.32. The third-order valence-corrected chi connectivity index (χ3v) is 11.3. The Hall–Kier alpha value is -2.26. The van der Waals surface area contributed by atoms with E-state index in [4.69, 9.17) is 9.47 Å². The zero-order valence-electron chi connectivity index (χ0n) is 38.9. The first-order valence-corrected chi connectivity index (χ1v) is 26.6. The summed E-state index contributed by atoms with van der Waals surface area (Å²) in [6.45, 7) is 0.298. The van der Waals surface area contributed by atoms with Crippen molar-refractivity contribution in [2.45, 2.75) is 186 Å². The Morgan fingerprint density at radius 1 is 0.406 bits per heavy atom. The first-order valence-electron chi connectivity index (χ1n) is 23.6. The fourth-order valence-electron chi connectivity index (χ4n) is 5.73. The molecule has 0 aliphatic rings. The molecule has 0 aromatic rings. The van der Waals surface area contributed by atoms with E-state index in [2.05, 4.69) is 80.6 Å². The largest absolute Gasteiger partial charge is 0.472 e. The lowest BCUT2D eigenvalue weighted by Gasteiger charge is -2.19. The van der Waals surface area contributed by atoms with Crippen LogP contribution in [0.2, 0.25) is 0 Å². The number of aliphatic hydroxyl groups excluding tert-OH is 3. The minimum absolute atomic E-state index is 0.119. The molecule has 0 heterocycles. The van der Waals surface area contributed by atoms with E-state index in [1.165, 1.54) is 64.2 Å². The topological polar surface area (TPSA) is 225 Å². The second-order valence-corrected chi connectivity index (χ2v) is 18.7. The number of unbranched alkanes of at least 4 members (excludes halogenated alkanes) is 15. The predicted molar refractivity (Wildman–Crippen MR) is 251 cm³/mol. The molecule has 0 saturated heterocycles. The molecule has 0 aromatic heterocycles. The predicted octanol–water partition coefficient (Wildman–Crippen LogP) is 10.6. The second-order valence-electron chi connectivity index (χ2n) is 15.8. The van der Waals surface area contributed by atoms with E-state index < -0.39 is 85.5 Å². The molecule has 15 nitrogen and oxygen atoms in total. The molecule has 0 amide bonds. The number of esters is 2. The summed E-state index contributed by atoms with van der Waals surface area (Å²) in [7, 11) is -9.59. The smallest absolute Gasteiger partial charge is 0.463 e. The molecule has 372 valence electrons. The van der Waals surface area contributed by atoms with Crippen molar-refractivity contribution in [3.05, 3.63) is 60.8 Å². The molecule has 0 rings (SSSR count). The maximum absolute atomic E-state index is 12.1. The highest BCUT2D eigenvalue weighted by Gasteiger charge is 2.28. The van der Waals surface area contributed by atoms with Crippen LogP contribution in [-0.4, -0.2) is 95.0 Å². The van der Waals surface area contributed by atoms with Crippen molar-refractivity contribution in [1.82, 2.24) is 0 Å². The molecular formula is C47H84O15P2. The average molecular weight is 951 g/mol. The Morgan fingerprint density at radius 2 is 0.688 bits per heavy atom. The molecule has 0 spiro atoms. The number of phosphoric acid groups is 2. The lowest BCUT2D eigenvalue weighted by molar-refractivity contribution is -0.148. The third kappa shape index (κ3) is 44.9. The van der Waals surface area contributed by atoms with Gasteiger partial charge in [-0.1, -0.05) is 139 Å². The summed E-state index contributed by atoms with van der Waals surface area (Å²) in [6, 6.07) is 0. The maximum atomic E-state index is 12.1. The Labute approximate surface area is 384 Å². The molecule has 0 aromatic carbocycles. The number of carbonyl (C=O) groups excluding carboxylic acids is 2. The van der Waals surface area contributed by atoms with Crippen LogP contribution in [0, 0.1) is 0 Å². The van der Waals surface area contributed by atoms with Crippen LogP contribution in [0.15, 0.2) is 60.8 Å². The lowest BCUT2D eigenvalue weighted by Crippen LogP contribution is -2.25. The number of rotatable bonds is 45. The quantitative estimate of drug-likeness (QED) is 0.0166. The van der Waals surface area contributed by atoms with Gasteiger partial charge in [0.1, 0.15) is 31.5 Å². The van der Waals surface area contributed by atoms with E-state index in [1.807, 2.05) is 12.2 Å². The van der Waals surface area contributed by atoms with E-state index >= 15 is 0 Å². The van der Waals surface area contributed by atoms with E-state index in [1.54, 1.807) is 0 Å². The maximum Gasteiger partial charge on any atom is 0.472 e. The van der Waals surface area contributed by atoms with Crippen LogP contribution in [0.1, 0.15) is 168 Å². The molecule has 17 heteroatoms. The summed E-state index contributed by atoms with van der Waals surface area (Å²) < 4.78 is 52.9. The normalized spacial score (nSPS) is 15.7. The minimum Gasteiger partial charge on any atom is -0.463 e. The van der Waals surface area contributed by atoms with Crippen molar-refractivity contribution in [1.29, 1.82) is 0 Å². The Balaban J connectivity index is 3.96. The Kier molecular flexibility index (Phi) is 41.8. The number of ether oxygens (including phenoxy) is 2. The van der Waals surface area contributed by atoms with Gasteiger partial charge in [-0.05, 0) is 77.0 Å². The summed E-state index contributed by atoms with van der Waals surface area (Å²) in [5, 5.41) is 30.0. The molecule has 0 radical (unpaired) electrons. The summed E-state index contributed by atoms with van der Waals surface area (Å²) >= 11 is 0. The van der Waals surface area contributed by atoms with Gasteiger partial charge in [-0.3, -0.25) is 27.7 Å². The molecule has 0 bridgehead atoms. The third-order valence-electron chi connectivity index (χ3n) is 9.45. The van der Waals surface area contributed by atoms with Gasteiger partial charge < -0.3 is 34.6 Å². The number of hydrogen-bond acceptors (Lipinski definition) is 13. The van der Waals surface area contributed by atoms with Crippen LogP contribution in [0.3, 0.4) is 0 Å². The van der Waals surface area contributed by atoms with Crippen molar-refractivity contribution in [2.75, 3.05) is 39.6 Å². The van der Waals surface area contributed by atoms with E-state index in [0.29, 0.717) is 19.3 Å². The summed E-state index contributed by atoms with van der Waals surface area (Å²) in [4.78, 5) is 43.7. The van der Waals surface area contributed by atoms with E-state index in [0.717, 1.165) is 57.8 Å². The molecule has 0 fully saturated rings. The number of phosphoric ester groups is 2. The first-order chi connectivity index (χ1) is 30.8. The first kappa shape index (κ1) is 61.7. The number of carbonyl (C=O) groups is 2. The summed E-state index contributed by atoms with van der Waals surface area (Å²) in [6.07, 6.45) is 40.7. The van der Waals surface area contributed by atoms with Gasteiger partial charge in [-0.2, -0.15) is 0 Å². The van der Waals surface area contributed by atoms with Gasteiger partial charge in [0.15, 0.2) is 0 Å². The van der Waals surface area contributed by atoms with Gasteiger partial charge in [0, 0.05) is 12.8 Å². The fraction of sp³-hybridized carbons (Fsp3) is 0.745. The van der Waals surface area contributed by atoms with Gasteiger partial charge >= 0.3 is 27.6 Å². The van der Waals surface area contributed by atoms with Crippen LogP contribution in [0.25, 0.3) is 0 Å². The van der Waals surface area contributed by atoms with Crippen LogP contribution < -0.4 is 0 Å². The van der Waals surface area contributed by atoms with Crippen molar-refractivity contribution in [3.63, 3.8) is 0 Å². The monoisotopic (exact) mass is 951 g/mol. The highest BCUT2D eigenvalue weighted by atomic mass is 31.2. The van der Waals surface area contributed by atoms with Crippen molar-refractivity contribution >= 4 is 27.6 Å². The number of aliphatic hydroxyl groups is 3. The Morgan fingerprint density at radius 3 is 1.11 bits per heavy atom. The highest BCUT2D eigenvalue weighted by Crippen LogP contribution is 2.45. The molecule has 64 heavy (non-hydrogen) atoms. The molecule has 0 aliphatic heterocycles. The zero-order valence-corrected chi connectivity index (χ0v) is 40.7. The lowest BCUT2D eigenvalue weighted by atomic mass is 10.1. The van der Waals surface area contributed by atoms with Crippen molar-refractivity contribution < 1.29 is 71.4 Å². The molecular weight excluding hydrogens is 866 g/mol. The van der Waals surface area contributed by atoms with Gasteiger partial charge in [0.25, 0.3) is 0 Å². The van der Waals surface area contributed by atoms with Crippen LogP contribution >= 0.6 is 15.6 Å². The van der Waals surface area contributed by atoms with Gasteiger partial charge in [0.2, 0.25) is 0 Å². The van der Waals surface area contributed by atoms with Crippen molar-refractivity contribution in [2.24, 2.45) is 0 Å². The Bertz CT molecular complexity index is 1380. The SMILES string of the molecule is CCCCC/C=C\C/C=C\C/C=C\C/C=C\CCCC(=O)OCC(O)COP(=O)(O)OCC(O)COP(=O)(O)OCC(O)COC(=O)CCCCCCCCC/C=C\CCCCCC. The second kappa shape index (κ2) is 43.3. The van der Waals surface area contributed by atoms with Gasteiger partial charge in [-0.15, -0.1) is 0 Å². The van der Waals surface area contributed by atoms with Crippen LogP contribution in [0.5, 0.6) is 0 Å². The number of hydrogen-bond donors (Lipinski definition) is 5. The highest BCUT2D eigenvalue weighted by molar-refractivity contribution is 7.47. The van der Waals surface area contributed by atoms with Crippen LogP contribution in [-0.2, 0) is 46.3 Å². The molecule has 0 aliphatic carbocycles. The van der Waals surface area contributed by atoms with Gasteiger partial charge in [-0.25, -0.2) is 9.13 Å². The standard InChI is InChI=1S/C47H84O15P2/c1-3-5-7-9-11-13-15-17-19-20-22-24-26-28-30-32-34-36-47(52)58-38-44(49)40-60-64(55,56)62-42-45(50)41-61-63(53,54)59-39-43(48)37-57-46(51)35-33-31-29-27-25-23-21-18-16-14-12-10-8-6-4-2/h11,13-14,16-17,19,22,24,28,30,43-45,48-50H,3-10,12,15,18,20-21,23,25-27,29,31-42H2,1-2H3,(H,53,54)(H,55,56)/b13-11-,16-14-,19-17-,24-22-,30-28-. The minimum atomic E-state index is -4.80. The number of allylic oxidation sites excluding steroid dienone is 10. The molecule has 5 unspecified atom stereocenters. The van der Waals surface area contributed by atoms with Crippen molar-refractivity contribution in [3.8, 4) is 0 Å². The van der Waals surface area contributed by atoms with Crippen LogP contribution in [0.4, 0.5) is 0 Å². The summed E-state index contributed by atoms with van der Waals surface area (Å²) in [5.41, 5.74) is 0. The zero-order chi connectivity index (χ0) is 47.4. The molecule has 5 N–H and O–H groups in total. The van der Waals surface area contributed by atoms with E-state index in [9.17, 15) is 43.8 Å². The van der Waals surface area contributed by atoms with E-state index in [-0.39, 0.29) is 12.8 Å². The summed E-state index contributed by atoms with van der Waals surface area (Å²) in [5.74, 6) is -1.06. The average Bonchev–Trinajstić information content (AvgIpc) is 3.27. The molecule has 5 atom stereocenters. The molecule has 0 saturated carbocycles.